The molecule has 0 amide bonds. The van der Waals surface area contributed by atoms with Crippen molar-refractivity contribution >= 4 is 5.69 Å². The van der Waals surface area contributed by atoms with E-state index in [4.69, 9.17) is 0 Å². The molecule has 0 bridgehead atoms. The number of non-ortho nitro benzene ring substituents is 1. The number of hydrogen-bond acceptors (Lipinski definition) is 2. The van der Waals surface area contributed by atoms with Crippen LogP contribution < -0.4 is 0 Å². The molecule has 0 aliphatic heterocycles. The van der Waals surface area contributed by atoms with Crippen LogP contribution in [0.1, 0.15) is 5.56 Å². The lowest BCUT2D eigenvalue weighted by atomic mass is 10.0. The maximum absolute atomic E-state index is 12.6. The third-order valence-electron chi connectivity index (χ3n) is 2.60. The van der Waals surface area contributed by atoms with Crippen LogP contribution in [0.15, 0.2) is 48.5 Å². The number of halogens is 3. The fourth-order valence-electron chi connectivity index (χ4n) is 1.65. The third kappa shape index (κ3) is 2.90. The normalized spacial score (nSPS) is 11.3. The molecule has 19 heavy (non-hydrogen) atoms. The predicted octanol–water partition coefficient (Wildman–Crippen LogP) is 4.28. The zero-order valence-electron chi connectivity index (χ0n) is 9.52. The van der Waals surface area contributed by atoms with Gasteiger partial charge >= 0.3 is 6.18 Å². The van der Waals surface area contributed by atoms with Crippen molar-refractivity contribution in [2.75, 3.05) is 0 Å². The van der Waals surface area contributed by atoms with Crippen LogP contribution in [0.4, 0.5) is 18.9 Å². The Morgan fingerprint density at radius 3 is 2.11 bits per heavy atom. The SMILES string of the molecule is O=[N+]([O-])c1ccc(-c2cccc(C(F)(F)F)c2)cc1. The van der Waals surface area contributed by atoms with Gasteiger partial charge in [0.1, 0.15) is 0 Å². The smallest absolute Gasteiger partial charge is 0.258 e. The summed E-state index contributed by atoms with van der Waals surface area (Å²) in [6, 6.07) is 10.2. The first-order valence-electron chi connectivity index (χ1n) is 5.30. The van der Waals surface area contributed by atoms with Crippen LogP contribution >= 0.6 is 0 Å². The van der Waals surface area contributed by atoms with Gasteiger partial charge in [-0.1, -0.05) is 12.1 Å². The van der Waals surface area contributed by atoms with Gasteiger partial charge in [0.05, 0.1) is 10.5 Å². The average molecular weight is 267 g/mol. The molecule has 0 N–H and O–H groups in total. The van der Waals surface area contributed by atoms with Crippen molar-refractivity contribution in [3.8, 4) is 11.1 Å². The van der Waals surface area contributed by atoms with Crippen molar-refractivity contribution in [3.63, 3.8) is 0 Å². The number of hydrogen-bond donors (Lipinski definition) is 0. The molecule has 6 heteroatoms. The van der Waals surface area contributed by atoms with E-state index in [1.807, 2.05) is 0 Å². The largest absolute Gasteiger partial charge is 0.416 e. The molecular formula is C13H8F3NO2. The van der Waals surface area contributed by atoms with Gasteiger partial charge in [-0.25, -0.2) is 0 Å². The lowest BCUT2D eigenvalue weighted by molar-refractivity contribution is -0.384. The van der Waals surface area contributed by atoms with Gasteiger partial charge in [-0.05, 0) is 35.4 Å². The van der Waals surface area contributed by atoms with Gasteiger partial charge in [0, 0.05) is 12.1 Å². The van der Waals surface area contributed by atoms with E-state index in [0.29, 0.717) is 11.1 Å². The van der Waals surface area contributed by atoms with Crippen LogP contribution in [0, 0.1) is 10.1 Å². The molecule has 0 aliphatic rings. The summed E-state index contributed by atoms with van der Waals surface area (Å²) in [5.74, 6) is 0. The van der Waals surface area contributed by atoms with E-state index >= 15 is 0 Å². The topological polar surface area (TPSA) is 43.1 Å². The second-order valence-corrected chi connectivity index (χ2v) is 3.88. The molecular weight excluding hydrogens is 259 g/mol. The maximum atomic E-state index is 12.6. The Labute approximate surface area is 106 Å². The molecule has 0 unspecified atom stereocenters. The third-order valence-corrected chi connectivity index (χ3v) is 2.60. The Morgan fingerprint density at radius 2 is 1.58 bits per heavy atom. The zero-order valence-corrected chi connectivity index (χ0v) is 9.52. The van der Waals surface area contributed by atoms with E-state index in [-0.39, 0.29) is 5.69 Å². The van der Waals surface area contributed by atoms with Gasteiger partial charge in [0.25, 0.3) is 5.69 Å². The van der Waals surface area contributed by atoms with E-state index in [9.17, 15) is 23.3 Å². The predicted molar refractivity (Wildman–Crippen MR) is 63.5 cm³/mol. The summed E-state index contributed by atoms with van der Waals surface area (Å²) >= 11 is 0. The van der Waals surface area contributed by atoms with E-state index in [2.05, 4.69) is 0 Å². The Balaban J connectivity index is 2.39. The molecule has 0 saturated heterocycles. The first-order valence-corrected chi connectivity index (χ1v) is 5.30. The van der Waals surface area contributed by atoms with Gasteiger partial charge in [0.15, 0.2) is 0 Å². The molecule has 98 valence electrons. The molecule has 0 saturated carbocycles. The minimum atomic E-state index is -4.41. The molecule has 2 rings (SSSR count). The van der Waals surface area contributed by atoms with Crippen LogP contribution in [0.25, 0.3) is 11.1 Å². The molecule has 0 aliphatic carbocycles. The second kappa shape index (κ2) is 4.72. The Kier molecular flexibility index (Phi) is 3.25. The van der Waals surface area contributed by atoms with Crippen molar-refractivity contribution in [2.45, 2.75) is 6.18 Å². The van der Waals surface area contributed by atoms with Gasteiger partial charge in [0.2, 0.25) is 0 Å². The quantitative estimate of drug-likeness (QED) is 0.602. The molecule has 0 fully saturated rings. The van der Waals surface area contributed by atoms with Crippen LogP contribution in [0.2, 0.25) is 0 Å². The first-order chi connectivity index (χ1) is 8.88. The minimum absolute atomic E-state index is 0.101. The van der Waals surface area contributed by atoms with E-state index in [1.165, 1.54) is 36.4 Å². The number of benzene rings is 2. The summed E-state index contributed by atoms with van der Waals surface area (Å²) in [4.78, 5) is 9.93. The van der Waals surface area contributed by atoms with Gasteiger partial charge in [-0.3, -0.25) is 10.1 Å². The molecule has 0 radical (unpaired) electrons. The van der Waals surface area contributed by atoms with E-state index in [0.717, 1.165) is 12.1 Å². The van der Waals surface area contributed by atoms with Crippen LogP contribution in [0.5, 0.6) is 0 Å². The van der Waals surface area contributed by atoms with Gasteiger partial charge < -0.3 is 0 Å². The number of alkyl halides is 3. The second-order valence-electron chi connectivity index (χ2n) is 3.88. The summed E-state index contributed by atoms with van der Waals surface area (Å²) in [7, 11) is 0. The van der Waals surface area contributed by atoms with E-state index < -0.39 is 16.7 Å². The van der Waals surface area contributed by atoms with Crippen LogP contribution in [-0.4, -0.2) is 4.92 Å². The molecule has 3 nitrogen and oxygen atoms in total. The molecule has 2 aromatic carbocycles. The highest BCUT2D eigenvalue weighted by atomic mass is 19.4. The van der Waals surface area contributed by atoms with Crippen molar-refractivity contribution < 1.29 is 18.1 Å². The highest BCUT2D eigenvalue weighted by Crippen LogP contribution is 2.32. The Hall–Kier alpha value is -2.37. The van der Waals surface area contributed by atoms with Crippen molar-refractivity contribution in [1.82, 2.24) is 0 Å². The van der Waals surface area contributed by atoms with Crippen LogP contribution in [-0.2, 0) is 6.18 Å². The minimum Gasteiger partial charge on any atom is -0.258 e. The average Bonchev–Trinajstić information content (AvgIpc) is 2.38. The molecule has 2 aromatic rings. The number of rotatable bonds is 2. The molecule has 0 spiro atoms. The summed E-state index contributed by atoms with van der Waals surface area (Å²) in [5, 5.41) is 10.5. The van der Waals surface area contributed by atoms with Crippen LogP contribution in [0.3, 0.4) is 0 Å². The van der Waals surface area contributed by atoms with Crippen molar-refractivity contribution in [1.29, 1.82) is 0 Å². The number of nitro groups is 1. The summed E-state index contributed by atoms with van der Waals surface area (Å²) in [6.07, 6.45) is -4.41. The highest BCUT2D eigenvalue weighted by Gasteiger charge is 2.30. The fourth-order valence-corrected chi connectivity index (χ4v) is 1.65. The summed E-state index contributed by atoms with van der Waals surface area (Å²) < 4.78 is 37.7. The van der Waals surface area contributed by atoms with E-state index in [1.54, 1.807) is 0 Å². The van der Waals surface area contributed by atoms with Crippen molar-refractivity contribution in [3.05, 3.63) is 64.2 Å². The Bertz CT molecular complexity index is 606. The lowest BCUT2D eigenvalue weighted by Gasteiger charge is -2.08. The first kappa shape index (κ1) is 13.1. The monoisotopic (exact) mass is 267 g/mol. The van der Waals surface area contributed by atoms with Gasteiger partial charge in [-0.15, -0.1) is 0 Å². The van der Waals surface area contributed by atoms with Gasteiger partial charge in [-0.2, -0.15) is 13.2 Å². The summed E-state index contributed by atoms with van der Waals surface area (Å²) in [5.41, 5.74) is 0.0144. The number of nitrogens with zero attached hydrogens (tertiary/aromatic N) is 1. The molecule has 0 atom stereocenters. The fraction of sp³-hybridized carbons (Fsp3) is 0.0769. The standard InChI is InChI=1S/C13H8F3NO2/c14-13(15,16)11-3-1-2-10(8-11)9-4-6-12(7-5-9)17(18)19/h1-8H. The lowest BCUT2D eigenvalue weighted by Crippen LogP contribution is -2.04. The highest BCUT2D eigenvalue weighted by molar-refractivity contribution is 5.65. The molecule has 0 heterocycles. The summed E-state index contributed by atoms with van der Waals surface area (Å²) in [6.45, 7) is 0. The Morgan fingerprint density at radius 1 is 0.947 bits per heavy atom. The maximum Gasteiger partial charge on any atom is 0.416 e. The zero-order chi connectivity index (χ0) is 14.0. The molecule has 0 aromatic heterocycles. The van der Waals surface area contributed by atoms with Crippen molar-refractivity contribution in [2.24, 2.45) is 0 Å². The number of nitro benzene ring substituents is 1.